The summed E-state index contributed by atoms with van der Waals surface area (Å²) in [5.41, 5.74) is 1.07. The number of carbonyl (C=O) groups is 2. The molecule has 1 saturated carbocycles. The molecular formula is C30H33F3N2O3. The van der Waals surface area contributed by atoms with Gasteiger partial charge in [0.15, 0.2) is 0 Å². The van der Waals surface area contributed by atoms with E-state index in [-0.39, 0.29) is 47.6 Å². The van der Waals surface area contributed by atoms with Gasteiger partial charge in [-0.15, -0.1) is 0 Å². The summed E-state index contributed by atoms with van der Waals surface area (Å²) in [4.78, 5) is 31.8. The van der Waals surface area contributed by atoms with Crippen LogP contribution < -0.4 is 0 Å². The second-order valence-corrected chi connectivity index (χ2v) is 11.2. The van der Waals surface area contributed by atoms with E-state index in [4.69, 9.17) is 4.74 Å². The lowest BCUT2D eigenvalue weighted by Gasteiger charge is -2.48. The summed E-state index contributed by atoms with van der Waals surface area (Å²) in [6.45, 7) is 7.17. The number of fused-ring (bicyclic) bond motifs is 2. The lowest BCUT2D eigenvalue weighted by molar-refractivity contribution is -0.145. The minimum absolute atomic E-state index is 0.0555. The van der Waals surface area contributed by atoms with Crippen molar-refractivity contribution in [3.8, 4) is 11.1 Å². The summed E-state index contributed by atoms with van der Waals surface area (Å²) in [5.74, 6) is 0.547. The summed E-state index contributed by atoms with van der Waals surface area (Å²) in [5, 5.41) is 0. The molecule has 5 nitrogen and oxygen atoms in total. The van der Waals surface area contributed by atoms with Gasteiger partial charge < -0.3 is 9.64 Å². The molecular weight excluding hydrogens is 493 g/mol. The topological polar surface area (TPSA) is 59.5 Å². The number of piperidine rings is 1. The SMILES string of the molecule is CC(C)C(=O)N1CC[C@@H]2[C@H](C[C@H]3C(=O)O[C@H](C)[C@H]3[C@H]2/C=C/c2ccc(-c3cccc(C(F)(F)F)c3)cn2)C1. The number of hydrogen-bond donors (Lipinski definition) is 0. The molecule has 0 spiro atoms. The Morgan fingerprint density at radius 1 is 1.18 bits per heavy atom. The smallest absolute Gasteiger partial charge is 0.416 e. The monoisotopic (exact) mass is 526 g/mol. The highest BCUT2D eigenvalue weighted by Crippen LogP contribution is 2.51. The Kier molecular flexibility index (Phi) is 7.09. The number of rotatable bonds is 4. The molecule has 3 fully saturated rings. The Bertz CT molecular complexity index is 1220. The molecule has 1 aliphatic carbocycles. The Morgan fingerprint density at radius 3 is 2.66 bits per heavy atom. The Balaban J connectivity index is 1.37. The standard InChI is InChI=1S/C30H33F3N2O3/c1-17(2)28(36)35-12-11-24-21(16-35)14-26-27(18(3)38-29(26)37)25(24)10-9-23-8-7-20(15-34-23)19-5-4-6-22(13-19)30(31,32)33/h4-10,13,15,17-18,21,24-27H,11-12,14,16H2,1-3H3/b10-9+/t18-,21-,24-,25+,26-,27+/m1/s1. The Morgan fingerprint density at radius 2 is 1.97 bits per heavy atom. The number of nitrogens with zero attached hydrogens (tertiary/aromatic N) is 2. The molecule has 2 aromatic rings. The molecule has 3 heterocycles. The first-order valence-electron chi connectivity index (χ1n) is 13.3. The highest BCUT2D eigenvalue weighted by atomic mass is 19.4. The van der Waals surface area contributed by atoms with Crippen LogP contribution in [0.3, 0.4) is 0 Å². The number of benzene rings is 1. The highest BCUT2D eigenvalue weighted by molar-refractivity contribution is 5.78. The molecule has 6 atom stereocenters. The molecule has 1 aromatic carbocycles. The van der Waals surface area contributed by atoms with Crippen molar-refractivity contribution in [2.45, 2.75) is 45.9 Å². The van der Waals surface area contributed by atoms with E-state index in [9.17, 15) is 22.8 Å². The van der Waals surface area contributed by atoms with E-state index in [0.717, 1.165) is 25.0 Å². The molecule has 1 amide bonds. The van der Waals surface area contributed by atoms with Crippen molar-refractivity contribution < 1.29 is 27.5 Å². The van der Waals surface area contributed by atoms with Crippen molar-refractivity contribution in [1.29, 1.82) is 0 Å². The molecule has 0 bridgehead atoms. The molecule has 3 aliphatic rings. The van der Waals surface area contributed by atoms with Crippen molar-refractivity contribution >= 4 is 18.0 Å². The molecule has 1 aromatic heterocycles. The number of carbonyl (C=O) groups excluding carboxylic acids is 2. The van der Waals surface area contributed by atoms with Crippen molar-refractivity contribution in [3.05, 3.63) is 59.9 Å². The third kappa shape index (κ3) is 5.09. The van der Waals surface area contributed by atoms with Crippen LogP contribution in [0.2, 0.25) is 0 Å². The molecule has 8 heteroatoms. The van der Waals surface area contributed by atoms with Gasteiger partial charge in [0.2, 0.25) is 5.91 Å². The predicted molar refractivity (Wildman–Crippen MR) is 137 cm³/mol. The maximum absolute atomic E-state index is 13.1. The minimum Gasteiger partial charge on any atom is -0.462 e. The van der Waals surface area contributed by atoms with E-state index < -0.39 is 11.7 Å². The largest absolute Gasteiger partial charge is 0.462 e. The molecule has 2 aliphatic heterocycles. The van der Waals surface area contributed by atoms with E-state index in [1.165, 1.54) is 6.07 Å². The fraction of sp³-hybridized carbons (Fsp3) is 0.500. The lowest BCUT2D eigenvalue weighted by Crippen LogP contribution is -2.52. The van der Waals surface area contributed by atoms with Gasteiger partial charge in [0.05, 0.1) is 17.2 Å². The number of ether oxygens (including phenoxy) is 1. The number of likely N-dealkylation sites (tertiary alicyclic amines) is 1. The molecule has 0 radical (unpaired) electrons. The van der Waals surface area contributed by atoms with Gasteiger partial charge >= 0.3 is 12.1 Å². The van der Waals surface area contributed by atoms with Crippen LogP contribution in [0.25, 0.3) is 17.2 Å². The fourth-order valence-electron chi connectivity index (χ4n) is 6.68. The third-order valence-electron chi connectivity index (χ3n) is 8.50. The van der Waals surface area contributed by atoms with Crippen molar-refractivity contribution in [3.63, 3.8) is 0 Å². The van der Waals surface area contributed by atoms with Crippen molar-refractivity contribution in [1.82, 2.24) is 9.88 Å². The third-order valence-corrected chi connectivity index (χ3v) is 8.50. The number of hydrogen-bond acceptors (Lipinski definition) is 4. The van der Waals surface area contributed by atoms with Gasteiger partial charge in [-0.25, -0.2) is 0 Å². The zero-order valence-corrected chi connectivity index (χ0v) is 21.8. The van der Waals surface area contributed by atoms with E-state index in [1.807, 2.05) is 31.7 Å². The van der Waals surface area contributed by atoms with Gasteiger partial charge in [0, 0.05) is 36.7 Å². The first kappa shape index (κ1) is 26.4. The summed E-state index contributed by atoms with van der Waals surface area (Å²) in [7, 11) is 0. The van der Waals surface area contributed by atoms with Gasteiger partial charge in [-0.2, -0.15) is 13.2 Å². The average Bonchev–Trinajstić information content (AvgIpc) is 3.18. The van der Waals surface area contributed by atoms with Gasteiger partial charge in [0.25, 0.3) is 0 Å². The number of pyridine rings is 1. The zero-order valence-electron chi connectivity index (χ0n) is 21.8. The predicted octanol–water partition coefficient (Wildman–Crippen LogP) is 6.10. The minimum atomic E-state index is -4.40. The van der Waals surface area contributed by atoms with Crippen LogP contribution in [-0.2, 0) is 20.5 Å². The van der Waals surface area contributed by atoms with Crippen molar-refractivity contribution in [2.24, 2.45) is 35.5 Å². The van der Waals surface area contributed by atoms with Crippen LogP contribution in [0, 0.1) is 35.5 Å². The van der Waals surface area contributed by atoms with E-state index in [2.05, 4.69) is 11.1 Å². The zero-order chi connectivity index (χ0) is 27.2. The molecule has 38 heavy (non-hydrogen) atoms. The normalized spacial score (nSPS) is 29.3. The van der Waals surface area contributed by atoms with E-state index in [0.29, 0.717) is 35.8 Å². The maximum Gasteiger partial charge on any atom is 0.416 e. The van der Waals surface area contributed by atoms with Gasteiger partial charge in [0.1, 0.15) is 6.10 Å². The number of halogens is 3. The molecule has 5 rings (SSSR count). The van der Waals surface area contributed by atoms with E-state index in [1.54, 1.807) is 24.4 Å². The Hall–Kier alpha value is -3.16. The highest BCUT2D eigenvalue weighted by Gasteiger charge is 2.54. The number of esters is 1. The van der Waals surface area contributed by atoms with Crippen LogP contribution in [0.4, 0.5) is 13.2 Å². The first-order valence-corrected chi connectivity index (χ1v) is 13.3. The summed E-state index contributed by atoms with van der Waals surface area (Å²) in [6.07, 6.45) is 2.72. The van der Waals surface area contributed by atoms with Gasteiger partial charge in [-0.1, -0.05) is 38.1 Å². The number of aromatic nitrogens is 1. The van der Waals surface area contributed by atoms with Crippen LogP contribution >= 0.6 is 0 Å². The summed E-state index contributed by atoms with van der Waals surface area (Å²) >= 11 is 0. The number of alkyl halides is 3. The van der Waals surface area contributed by atoms with Crippen LogP contribution in [0.1, 0.15) is 44.9 Å². The number of cyclic esters (lactones) is 1. The molecule has 0 unspecified atom stereocenters. The molecule has 202 valence electrons. The number of amides is 1. The molecule has 0 N–H and O–H groups in total. The van der Waals surface area contributed by atoms with Crippen molar-refractivity contribution in [2.75, 3.05) is 13.1 Å². The first-order chi connectivity index (χ1) is 18.0. The van der Waals surface area contributed by atoms with Crippen LogP contribution in [-0.4, -0.2) is 41.0 Å². The average molecular weight is 527 g/mol. The quantitative estimate of drug-likeness (QED) is 0.452. The second kappa shape index (κ2) is 10.2. The number of allylic oxidation sites excluding steroid dienone is 1. The second-order valence-electron chi connectivity index (χ2n) is 11.2. The van der Waals surface area contributed by atoms with Gasteiger partial charge in [-0.3, -0.25) is 14.6 Å². The van der Waals surface area contributed by atoms with Crippen LogP contribution in [0.15, 0.2) is 48.7 Å². The molecule has 2 saturated heterocycles. The summed E-state index contributed by atoms with van der Waals surface area (Å²) in [6, 6.07) is 8.79. The van der Waals surface area contributed by atoms with E-state index >= 15 is 0 Å². The maximum atomic E-state index is 13.1. The lowest BCUT2D eigenvalue weighted by atomic mass is 9.59. The Labute approximate surface area is 221 Å². The van der Waals surface area contributed by atoms with Gasteiger partial charge in [-0.05, 0) is 67.4 Å². The van der Waals surface area contributed by atoms with Crippen LogP contribution in [0.5, 0.6) is 0 Å². The fourth-order valence-corrected chi connectivity index (χ4v) is 6.68. The summed E-state index contributed by atoms with van der Waals surface area (Å²) < 4.78 is 45.0.